The summed E-state index contributed by atoms with van der Waals surface area (Å²) < 4.78 is 10.4. The van der Waals surface area contributed by atoms with Crippen LogP contribution in [-0.4, -0.2) is 70.2 Å². The molecule has 1 saturated heterocycles. The van der Waals surface area contributed by atoms with E-state index in [2.05, 4.69) is 32.6 Å². The second-order valence-electron chi connectivity index (χ2n) is 7.79. The summed E-state index contributed by atoms with van der Waals surface area (Å²) in [5, 5.41) is 5.32. The number of anilines is 2. The van der Waals surface area contributed by atoms with E-state index in [0.29, 0.717) is 18.0 Å². The van der Waals surface area contributed by atoms with Crippen molar-refractivity contribution in [1.29, 1.82) is 0 Å². The van der Waals surface area contributed by atoms with Crippen LogP contribution in [0.5, 0.6) is 11.5 Å². The highest BCUT2D eigenvalue weighted by molar-refractivity contribution is 6.39. The van der Waals surface area contributed by atoms with Gasteiger partial charge >= 0.3 is 11.8 Å². The minimum Gasteiger partial charge on any atom is -0.497 e. The first-order chi connectivity index (χ1) is 15.5. The minimum atomic E-state index is -0.693. The van der Waals surface area contributed by atoms with Crippen LogP contribution in [-0.2, 0) is 9.59 Å². The summed E-state index contributed by atoms with van der Waals surface area (Å²) in [6.07, 6.45) is 0.787. The first-order valence-corrected chi connectivity index (χ1v) is 10.9. The van der Waals surface area contributed by atoms with Crippen molar-refractivity contribution in [3.63, 3.8) is 0 Å². The lowest BCUT2D eigenvalue weighted by atomic mass is 10.2. The molecular weight excluding hydrogens is 408 g/mol. The quantitative estimate of drug-likeness (QED) is 0.484. The van der Waals surface area contributed by atoms with Gasteiger partial charge in [-0.2, -0.15) is 0 Å². The highest BCUT2D eigenvalue weighted by atomic mass is 16.5. The van der Waals surface area contributed by atoms with Crippen LogP contribution in [0.3, 0.4) is 0 Å². The zero-order chi connectivity index (χ0) is 22.9. The number of carbonyl (C=O) groups is 2. The molecule has 1 aliphatic rings. The van der Waals surface area contributed by atoms with Crippen LogP contribution < -0.4 is 25.0 Å². The van der Waals surface area contributed by atoms with E-state index >= 15 is 0 Å². The van der Waals surface area contributed by atoms with E-state index in [9.17, 15) is 9.59 Å². The smallest absolute Gasteiger partial charge is 0.313 e. The molecule has 0 aliphatic carbocycles. The average molecular weight is 441 g/mol. The molecule has 8 nitrogen and oxygen atoms in total. The molecule has 0 radical (unpaired) electrons. The third kappa shape index (κ3) is 6.37. The van der Waals surface area contributed by atoms with Gasteiger partial charge in [0.05, 0.1) is 19.9 Å². The Kier molecular flexibility index (Phi) is 8.33. The lowest BCUT2D eigenvalue weighted by Crippen LogP contribution is -2.47. The number of nitrogens with zero attached hydrogens (tertiary/aromatic N) is 2. The largest absolute Gasteiger partial charge is 0.497 e. The number of amides is 2. The Morgan fingerprint density at radius 1 is 0.938 bits per heavy atom. The summed E-state index contributed by atoms with van der Waals surface area (Å²) >= 11 is 0. The number of nitrogens with one attached hydrogen (secondary N) is 2. The van der Waals surface area contributed by atoms with Crippen molar-refractivity contribution in [3.8, 4) is 11.5 Å². The number of hydrogen-bond acceptors (Lipinski definition) is 6. The second kappa shape index (κ2) is 11.4. The van der Waals surface area contributed by atoms with Gasteiger partial charge in [0.25, 0.3) is 0 Å². The molecule has 0 unspecified atom stereocenters. The fourth-order valence-electron chi connectivity index (χ4n) is 3.71. The number of methoxy groups -OCH3 is 2. The number of piperazine rings is 1. The third-order valence-electron chi connectivity index (χ3n) is 5.56. The number of ether oxygens (including phenoxy) is 2. The van der Waals surface area contributed by atoms with Crippen LogP contribution in [0.15, 0.2) is 42.5 Å². The molecule has 172 valence electrons. The van der Waals surface area contributed by atoms with Crippen molar-refractivity contribution in [2.75, 3.05) is 63.7 Å². The van der Waals surface area contributed by atoms with Crippen molar-refractivity contribution in [1.82, 2.24) is 10.2 Å². The van der Waals surface area contributed by atoms with Gasteiger partial charge in [-0.15, -0.1) is 0 Å². The van der Waals surface area contributed by atoms with Crippen LogP contribution >= 0.6 is 0 Å². The molecule has 2 aromatic carbocycles. The molecule has 1 heterocycles. The Balaban J connectivity index is 1.35. The molecule has 8 heteroatoms. The van der Waals surface area contributed by atoms with Crippen molar-refractivity contribution in [2.24, 2.45) is 0 Å². The number of rotatable bonds is 8. The van der Waals surface area contributed by atoms with Crippen LogP contribution in [0.25, 0.3) is 0 Å². The van der Waals surface area contributed by atoms with Gasteiger partial charge in [-0.3, -0.25) is 14.5 Å². The molecular formula is C24H32N4O4. The average Bonchev–Trinajstić information content (AvgIpc) is 2.82. The fraction of sp³-hybridized carbons (Fsp3) is 0.417. The van der Waals surface area contributed by atoms with Crippen LogP contribution in [0.2, 0.25) is 0 Å². The maximum absolute atomic E-state index is 12.2. The molecule has 3 rings (SSSR count). The van der Waals surface area contributed by atoms with Gasteiger partial charge in [-0.25, -0.2) is 0 Å². The Morgan fingerprint density at radius 3 is 2.31 bits per heavy atom. The van der Waals surface area contributed by atoms with Crippen LogP contribution in [0.1, 0.15) is 12.0 Å². The monoisotopic (exact) mass is 440 g/mol. The van der Waals surface area contributed by atoms with E-state index < -0.39 is 11.8 Å². The first-order valence-electron chi connectivity index (χ1n) is 10.9. The second-order valence-corrected chi connectivity index (χ2v) is 7.79. The predicted molar refractivity (Wildman–Crippen MR) is 126 cm³/mol. The maximum Gasteiger partial charge on any atom is 0.313 e. The van der Waals surface area contributed by atoms with Gasteiger partial charge in [-0.1, -0.05) is 6.07 Å². The minimum absolute atomic E-state index is 0.454. The molecule has 0 bridgehead atoms. The molecule has 2 aromatic rings. The number of hydrogen-bond donors (Lipinski definition) is 2. The first kappa shape index (κ1) is 23.4. The highest BCUT2D eigenvalue weighted by Crippen LogP contribution is 2.25. The summed E-state index contributed by atoms with van der Waals surface area (Å²) in [6.45, 7) is 7.09. The van der Waals surface area contributed by atoms with E-state index in [-0.39, 0.29) is 0 Å². The maximum atomic E-state index is 12.2. The Labute approximate surface area is 189 Å². The summed E-state index contributed by atoms with van der Waals surface area (Å²) in [7, 11) is 3.20. The van der Waals surface area contributed by atoms with Gasteiger partial charge in [0.15, 0.2) is 0 Å². The Morgan fingerprint density at radius 2 is 1.66 bits per heavy atom. The van der Waals surface area contributed by atoms with Gasteiger partial charge in [0.2, 0.25) is 0 Å². The molecule has 32 heavy (non-hydrogen) atoms. The number of aryl methyl sites for hydroxylation is 1. The molecule has 2 amide bonds. The van der Waals surface area contributed by atoms with Crippen molar-refractivity contribution >= 4 is 23.2 Å². The third-order valence-corrected chi connectivity index (χ3v) is 5.56. The van der Waals surface area contributed by atoms with E-state index in [4.69, 9.17) is 9.47 Å². The Hall–Kier alpha value is -3.26. The summed E-state index contributed by atoms with van der Waals surface area (Å²) in [5.74, 6) is 0.0477. The van der Waals surface area contributed by atoms with Gasteiger partial charge in [0.1, 0.15) is 11.5 Å². The van der Waals surface area contributed by atoms with Crippen molar-refractivity contribution in [3.05, 3.63) is 48.0 Å². The van der Waals surface area contributed by atoms with E-state index in [1.165, 1.54) is 12.8 Å². The van der Waals surface area contributed by atoms with E-state index in [1.807, 2.05) is 25.1 Å². The summed E-state index contributed by atoms with van der Waals surface area (Å²) in [5.41, 5.74) is 2.66. The normalized spacial score (nSPS) is 14.0. The molecule has 0 atom stereocenters. The lowest BCUT2D eigenvalue weighted by molar-refractivity contribution is -0.136. The van der Waals surface area contributed by atoms with Crippen LogP contribution in [0, 0.1) is 6.92 Å². The standard InChI is InChI=1S/C24H32N4O4/c1-18-5-10-22(32-3)21(17-18)26-24(30)23(29)25-11-4-12-27-13-15-28(16-14-27)19-6-8-20(31-2)9-7-19/h5-10,17H,4,11-16H2,1-3H3,(H,25,29)(H,26,30). The Bertz CT molecular complexity index is 909. The summed E-state index contributed by atoms with van der Waals surface area (Å²) in [4.78, 5) is 29.1. The molecule has 2 N–H and O–H groups in total. The molecule has 0 spiro atoms. The molecule has 0 saturated carbocycles. The zero-order valence-corrected chi connectivity index (χ0v) is 19.0. The highest BCUT2D eigenvalue weighted by Gasteiger charge is 2.18. The van der Waals surface area contributed by atoms with Crippen LogP contribution in [0.4, 0.5) is 11.4 Å². The van der Waals surface area contributed by atoms with Gasteiger partial charge in [0, 0.05) is 38.4 Å². The van der Waals surface area contributed by atoms with Crippen molar-refractivity contribution in [2.45, 2.75) is 13.3 Å². The molecule has 1 fully saturated rings. The SMILES string of the molecule is COc1ccc(N2CCN(CCCNC(=O)C(=O)Nc3cc(C)ccc3OC)CC2)cc1. The number of benzene rings is 2. The summed E-state index contributed by atoms with van der Waals surface area (Å²) in [6, 6.07) is 13.5. The fourth-order valence-corrected chi connectivity index (χ4v) is 3.71. The zero-order valence-electron chi connectivity index (χ0n) is 19.0. The molecule has 0 aromatic heterocycles. The van der Waals surface area contributed by atoms with E-state index in [1.54, 1.807) is 19.2 Å². The van der Waals surface area contributed by atoms with Gasteiger partial charge in [-0.05, 0) is 61.9 Å². The van der Waals surface area contributed by atoms with Gasteiger partial charge < -0.3 is 25.0 Å². The topological polar surface area (TPSA) is 83.1 Å². The van der Waals surface area contributed by atoms with E-state index in [0.717, 1.165) is 50.5 Å². The van der Waals surface area contributed by atoms with Crippen molar-refractivity contribution < 1.29 is 19.1 Å². The molecule has 1 aliphatic heterocycles. The number of carbonyl (C=O) groups excluding carboxylic acids is 2. The lowest BCUT2D eigenvalue weighted by Gasteiger charge is -2.36. The predicted octanol–water partition coefficient (Wildman–Crippen LogP) is 2.28.